The standard InChI is InChI=1S/C17H24N2/c1-4-19(13(2)3)17(12-18)16-11-7-9-14-8-5-6-10-15(14)16/h5-11,13,17H,4,12,18H2,1-3H3. The number of hydrogen-bond acceptors (Lipinski definition) is 2. The third-order valence-electron chi connectivity index (χ3n) is 3.83. The summed E-state index contributed by atoms with van der Waals surface area (Å²) in [4.78, 5) is 2.46. The summed E-state index contributed by atoms with van der Waals surface area (Å²) in [6.07, 6.45) is 0. The molecule has 0 aromatic heterocycles. The fraction of sp³-hybridized carbons (Fsp3) is 0.412. The average molecular weight is 256 g/mol. The fourth-order valence-electron chi connectivity index (χ4n) is 2.93. The summed E-state index contributed by atoms with van der Waals surface area (Å²) >= 11 is 0. The second kappa shape index (κ2) is 6.18. The Morgan fingerprint density at radius 1 is 1.05 bits per heavy atom. The van der Waals surface area contributed by atoms with Crippen molar-refractivity contribution in [3.05, 3.63) is 48.0 Å². The molecule has 0 fully saturated rings. The minimum Gasteiger partial charge on any atom is -0.329 e. The maximum Gasteiger partial charge on any atom is 0.0479 e. The predicted octanol–water partition coefficient (Wildman–Crippen LogP) is 3.57. The minimum atomic E-state index is 0.288. The molecule has 0 saturated heterocycles. The van der Waals surface area contributed by atoms with E-state index in [0.717, 1.165) is 6.54 Å². The molecule has 102 valence electrons. The minimum absolute atomic E-state index is 0.288. The van der Waals surface area contributed by atoms with Crippen molar-refractivity contribution in [2.45, 2.75) is 32.9 Å². The van der Waals surface area contributed by atoms with Crippen LogP contribution in [-0.4, -0.2) is 24.0 Å². The third kappa shape index (κ3) is 2.80. The lowest BCUT2D eigenvalue weighted by atomic mass is 9.97. The molecular weight excluding hydrogens is 232 g/mol. The molecule has 2 aromatic carbocycles. The Hall–Kier alpha value is -1.38. The quantitative estimate of drug-likeness (QED) is 0.886. The van der Waals surface area contributed by atoms with Crippen molar-refractivity contribution >= 4 is 10.8 Å². The molecule has 2 N–H and O–H groups in total. The second-order valence-corrected chi connectivity index (χ2v) is 5.24. The van der Waals surface area contributed by atoms with Crippen LogP contribution in [0.25, 0.3) is 10.8 Å². The maximum absolute atomic E-state index is 6.07. The van der Waals surface area contributed by atoms with E-state index in [-0.39, 0.29) is 6.04 Å². The highest BCUT2D eigenvalue weighted by molar-refractivity contribution is 5.86. The van der Waals surface area contributed by atoms with Crippen molar-refractivity contribution in [3.8, 4) is 0 Å². The molecule has 0 radical (unpaired) electrons. The number of likely N-dealkylation sites (N-methyl/N-ethyl adjacent to an activating group) is 1. The van der Waals surface area contributed by atoms with Gasteiger partial charge in [0.1, 0.15) is 0 Å². The first-order chi connectivity index (χ1) is 9.19. The first-order valence-corrected chi connectivity index (χ1v) is 7.12. The first-order valence-electron chi connectivity index (χ1n) is 7.12. The Balaban J connectivity index is 2.51. The normalized spacial score (nSPS) is 13.4. The summed E-state index contributed by atoms with van der Waals surface area (Å²) in [5.74, 6) is 0. The average Bonchev–Trinajstić information content (AvgIpc) is 2.43. The van der Waals surface area contributed by atoms with E-state index in [1.54, 1.807) is 0 Å². The molecule has 1 unspecified atom stereocenters. The van der Waals surface area contributed by atoms with Gasteiger partial charge < -0.3 is 5.73 Å². The van der Waals surface area contributed by atoms with Gasteiger partial charge in [0.05, 0.1) is 0 Å². The molecular formula is C17H24N2. The molecule has 2 nitrogen and oxygen atoms in total. The highest BCUT2D eigenvalue weighted by Crippen LogP contribution is 2.28. The van der Waals surface area contributed by atoms with Crippen LogP contribution in [0.2, 0.25) is 0 Å². The topological polar surface area (TPSA) is 29.3 Å². The summed E-state index contributed by atoms with van der Waals surface area (Å²) in [6.45, 7) is 8.34. The highest BCUT2D eigenvalue weighted by Gasteiger charge is 2.21. The molecule has 0 heterocycles. The van der Waals surface area contributed by atoms with E-state index in [0.29, 0.717) is 12.6 Å². The zero-order chi connectivity index (χ0) is 13.8. The fourth-order valence-corrected chi connectivity index (χ4v) is 2.93. The van der Waals surface area contributed by atoms with Crippen LogP contribution in [0.4, 0.5) is 0 Å². The zero-order valence-electron chi connectivity index (χ0n) is 12.1. The van der Waals surface area contributed by atoms with Crippen LogP contribution in [-0.2, 0) is 0 Å². The molecule has 2 rings (SSSR count). The van der Waals surface area contributed by atoms with Crippen molar-refractivity contribution in [1.82, 2.24) is 4.90 Å². The molecule has 0 aliphatic carbocycles. The van der Waals surface area contributed by atoms with Gasteiger partial charge in [-0.2, -0.15) is 0 Å². The van der Waals surface area contributed by atoms with Gasteiger partial charge in [-0.15, -0.1) is 0 Å². The van der Waals surface area contributed by atoms with E-state index in [4.69, 9.17) is 5.73 Å². The Morgan fingerprint density at radius 2 is 1.74 bits per heavy atom. The van der Waals surface area contributed by atoms with Crippen LogP contribution in [0.1, 0.15) is 32.4 Å². The number of rotatable bonds is 5. The molecule has 0 bridgehead atoms. The van der Waals surface area contributed by atoms with E-state index >= 15 is 0 Å². The Bertz CT molecular complexity index is 528. The van der Waals surface area contributed by atoms with Crippen molar-refractivity contribution in [3.63, 3.8) is 0 Å². The van der Waals surface area contributed by atoms with Gasteiger partial charge in [-0.1, -0.05) is 49.4 Å². The lowest BCUT2D eigenvalue weighted by Gasteiger charge is -2.34. The van der Waals surface area contributed by atoms with Crippen molar-refractivity contribution in [2.24, 2.45) is 5.73 Å². The summed E-state index contributed by atoms with van der Waals surface area (Å²) < 4.78 is 0. The molecule has 0 saturated carbocycles. The largest absolute Gasteiger partial charge is 0.329 e. The van der Waals surface area contributed by atoms with Crippen molar-refractivity contribution in [1.29, 1.82) is 0 Å². The number of nitrogens with zero attached hydrogens (tertiary/aromatic N) is 1. The van der Waals surface area contributed by atoms with Gasteiger partial charge in [-0.3, -0.25) is 4.90 Å². The molecule has 19 heavy (non-hydrogen) atoms. The monoisotopic (exact) mass is 256 g/mol. The smallest absolute Gasteiger partial charge is 0.0479 e. The zero-order valence-corrected chi connectivity index (χ0v) is 12.1. The predicted molar refractivity (Wildman–Crippen MR) is 83.3 cm³/mol. The van der Waals surface area contributed by atoms with Crippen LogP contribution in [0.5, 0.6) is 0 Å². The van der Waals surface area contributed by atoms with E-state index in [1.807, 2.05) is 0 Å². The number of hydrogen-bond donors (Lipinski definition) is 1. The van der Waals surface area contributed by atoms with Gasteiger partial charge >= 0.3 is 0 Å². The molecule has 0 amide bonds. The second-order valence-electron chi connectivity index (χ2n) is 5.24. The van der Waals surface area contributed by atoms with Gasteiger partial charge in [0.25, 0.3) is 0 Å². The maximum atomic E-state index is 6.07. The van der Waals surface area contributed by atoms with Gasteiger partial charge in [-0.05, 0) is 36.7 Å². The molecule has 0 spiro atoms. The van der Waals surface area contributed by atoms with Crippen LogP contribution in [0, 0.1) is 0 Å². The van der Waals surface area contributed by atoms with Crippen LogP contribution >= 0.6 is 0 Å². The Labute approximate surface area is 116 Å². The van der Waals surface area contributed by atoms with E-state index < -0.39 is 0 Å². The number of nitrogens with two attached hydrogens (primary N) is 1. The van der Waals surface area contributed by atoms with Gasteiger partial charge in [0.15, 0.2) is 0 Å². The van der Waals surface area contributed by atoms with E-state index in [9.17, 15) is 0 Å². The van der Waals surface area contributed by atoms with Crippen LogP contribution < -0.4 is 5.73 Å². The molecule has 0 aliphatic rings. The Kier molecular flexibility index (Phi) is 4.56. The van der Waals surface area contributed by atoms with Crippen molar-refractivity contribution < 1.29 is 0 Å². The SMILES string of the molecule is CCN(C(C)C)C(CN)c1cccc2ccccc12. The van der Waals surface area contributed by atoms with Gasteiger partial charge in [0.2, 0.25) is 0 Å². The number of fused-ring (bicyclic) bond motifs is 1. The van der Waals surface area contributed by atoms with Crippen LogP contribution in [0.3, 0.4) is 0 Å². The van der Waals surface area contributed by atoms with E-state index in [2.05, 4.69) is 68.1 Å². The lowest BCUT2D eigenvalue weighted by Crippen LogP contribution is -2.38. The highest BCUT2D eigenvalue weighted by atomic mass is 15.2. The lowest BCUT2D eigenvalue weighted by molar-refractivity contribution is 0.167. The van der Waals surface area contributed by atoms with Gasteiger partial charge in [-0.25, -0.2) is 0 Å². The third-order valence-corrected chi connectivity index (χ3v) is 3.83. The summed E-state index contributed by atoms with van der Waals surface area (Å²) in [5.41, 5.74) is 7.41. The summed E-state index contributed by atoms with van der Waals surface area (Å²) in [6, 6.07) is 15.8. The Morgan fingerprint density at radius 3 is 2.37 bits per heavy atom. The molecule has 2 aromatic rings. The van der Waals surface area contributed by atoms with E-state index in [1.165, 1.54) is 16.3 Å². The van der Waals surface area contributed by atoms with Crippen molar-refractivity contribution in [2.75, 3.05) is 13.1 Å². The summed E-state index contributed by atoms with van der Waals surface area (Å²) in [7, 11) is 0. The molecule has 0 aliphatic heterocycles. The van der Waals surface area contributed by atoms with Gasteiger partial charge in [0, 0.05) is 18.6 Å². The summed E-state index contributed by atoms with van der Waals surface area (Å²) in [5, 5.41) is 2.61. The first kappa shape index (κ1) is 14.0. The number of benzene rings is 2. The van der Waals surface area contributed by atoms with Crippen LogP contribution in [0.15, 0.2) is 42.5 Å². The molecule has 1 atom stereocenters. The molecule has 2 heteroatoms.